The van der Waals surface area contributed by atoms with Gasteiger partial charge < -0.3 is 10.4 Å². The average Bonchev–Trinajstić information content (AvgIpc) is 1.83. The topological polar surface area (TPSA) is 49.3 Å². The van der Waals surface area contributed by atoms with Gasteiger partial charge in [0.2, 0.25) is 5.91 Å². The van der Waals surface area contributed by atoms with Gasteiger partial charge in [0.05, 0.1) is 6.10 Å². The predicted molar refractivity (Wildman–Crippen MR) is 35.0 cm³/mol. The SMILES string of the molecule is CCC(O)CNC(C)=O. The molecular weight excluding hydrogens is 118 g/mol. The van der Waals surface area contributed by atoms with Crippen LogP contribution < -0.4 is 5.32 Å². The van der Waals surface area contributed by atoms with Gasteiger partial charge >= 0.3 is 0 Å². The number of rotatable bonds is 3. The van der Waals surface area contributed by atoms with E-state index in [-0.39, 0.29) is 5.91 Å². The molecule has 0 radical (unpaired) electrons. The van der Waals surface area contributed by atoms with E-state index >= 15 is 0 Å². The lowest BCUT2D eigenvalue weighted by Crippen LogP contribution is -2.29. The Morgan fingerprint density at radius 2 is 2.33 bits per heavy atom. The molecule has 0 aromatic carbocycles. The summed E-state index contributed by atoms with van der Waals surface area (Å²) in [6.07, 6.45) is 0.286. The number of carbonyl (C=O) groups excluding carboxylic acids is 1. The maximum atomic E-state index is 10.2. The van der Waals surface area contributed by atoms with Crippen molar-refractivity contribution in [1.29, 1.82) is 0 Å². The number of hydrogen-bond donors (Lipinski definition) is 2. The highest BCUT2D eigenvalue weighted by Gasteiger charge is 1.98. The van der Waals surface area contributed by atoms with Crippen molar-refractivity contribution < 1.29 is 9.90 Å². The highest BCUT2D eigenvalue weighted by Crippen LogP contribution is 1.85. The summed E-state index contributed by atoms with van der Waals surface area (Å²) in [5.41, 5.74) is 0. The van der Waals surface area contributed by atoms with Crippen LogP contribution in [0.3, 0.4) is 0 Å². The van der Waals surface area contributed by atoms with Gasteiger partial charge in [0.25, 0.3) is 0 Å². The van der Waals surface area contributed by atoms with Crippen LogP contribution in [0.4, 0.5) is 0 Å². The van der Waals surface area contributed by atoms with E-state index in [1.165, 1.54) is 6.92 Å². The lowest BCUT2D eigenvalue weighted by molar-refractivity contribution is -0.119. The predicted octanol–water partition coefficient (Wildman–Crippen LogP) is -0.107. The normalized spacial score (nSPS) is 12.8. The van der Waals surface area contributed by atoms with Gasteiger partial charge in [0, 0.05) is 13.5 Å². The van der Waals surface area contributed by atoms with Crippen molar-refractivity contribution >= 4 is 5.91 Å². The van der Waals surface area contributed by atoms with Crippen LogP contribution in [0.15, 0.2) is 0 Å². The van der Waals surface area contributed by atoms with Crippen molar-refractivity contribution in [1.82, 2.24) is 5.32 Å². The molecular formula is C6H13NO2. The zero-order valence-electron chi connectivity index (χ0n) is 5.85. The Bertz CT molecular complexity index is 93.1. The highest BCUT2D eigenvalue weighted by atomic mass is 16.3. The Kier molecular flexibility index (Phi) is 4.05. The summed E-state index contributed by atoms with van der Waals surface area (Å²) >= 11 is 0. The van der Waals surface area contributed by atoms with Crippen molar-refractivity contribution in [2.24, 2.45) is 0 Å². The van der Waals surface area contributed by atoms with Crippen LogP contribution in [-0.2, 0) is 4.79 Å². The first-order valence-electron chi connectivity index (χ1n) is 3.09. The Morgan fingerprint density at radius 1 is 1.78 bits per heavy atom. The van der Waals surface area contributed by atoms with Crippen molar-refractivity contribution in [3.8, 4) is 0 Å². The third-order valence-corrected chi connectivity index (χ3v) is 1.06. The van der Waals surface area contributed by atoms with Crippen LogP contribution in [0, 0.1) is 0 Å². The van der Waals surface area contributed by atoms with Gasteiger partial charge in [0.1, 0.15) is 0 Å². The molecule has 0 heterocycles. The summed E-state index contributed by atoms with van der Waals surface area (Å²) in [5.74, 6) is -0.0949. The van der Waals surface area contributed by atoms with E-state index in [2.05, 4.69) is 5.32 Å². The second-order valence-corrected chi connectivity index (χ2v) is 2.00. The minimum Gasteiger partial charge on any atom is -0.391 e. The zero-order chi connectivity index (χ0) is 7.28. The number of nitrogens with one attached hydrogen (secondary N) is 1. The van der Waals surface area contributed by atoms with Gasteiger partial charge in [-0.25, -0.2) is 0 Å². The molecule has 0 spiro atoms. The van der Waals surface area contributed by atoms with Crippen LogP contribution in [0.5, 0.6) is 0 Å². The molecule has 1 atom stereocenters. The molecule has 0 aromatic heterocycles. The highest BCUT2D eigenvalue weighted by molar-refractivity contribution is 5.72. The van der Waals surface area contributed by atoms with E-state index in [1.54, 1.807) is 0 Å². The third-order valence-electron chi connectivity index (χ3n) is 1.06. The fourth-order valence-corrected chi connectivity index (χ4v) is 0.406. The van der Waals surface area contributed by atoms with E-state index in [4.69, 9.17) is 5.11 Å². The van der Waals surface area contributed by atoms with Crippen LogP contribution in [0.1, 0.15) is 20.3 Å². The molecule has 0 aliphatic rings. The lowest BCUT2D eigenvalue weighted by atomic mass is 10.3. The van der Waals surface area contributed by atoms with Crippen LogP contribution >= 0.6 is 0 Å². The van der Waals surface area contributed by atoms with Crippen molar-refractivity contribution in [3.63, 3.8) is 0 Å². The first kappa shape index (κ1) is 8.43. The van der Waals surface area contributed by atoms with Crippen molar-refractivity contribution in [3.05, 3.63) is 0 Å². The summed E-state index contributed by atoms with van der Waals surface area (Å²) in [6, 6.07) is 0. The third kappa shape index (κ3) is 5.30. The molecule has 1 amide bonds. The number of amides is 1. The largest absolute Gasteiger partial charge is 0.391 e. The number of aliphatic hydroxyl groups is 1. The van der Waals surface area contributed by atoms with Crippen molar-refractivity contribution in [2.45, 2.75) is 26.4 Å². The van der Waals surface area contributed by atoms with Gasteiger partial charge in [-0.15, -0.1) is 0 Å². The molecule has 2 N–H and O–H groups in total. The summed E-state index contributed by atoms with van der Waals surface area (Å²) in [4.78, 5) is 10.2. The maximum absolute atomic E-state index is 10.2. The Morgan fingerprint density at radius 3 is 2.67 bits per heavy atom. The van der Waals surface area contributed by atoms with Gasteiger partial charge in [-0.1, -0.05) is 6.92 Å². The molecule has 0 bridgehead atoms. The summed E-state index contributed by atoms with van der Waals surface area (Å²) in [6.45, 7) is 3.67. The van der Waals surface area contributed by atoms with E-state index < -0.39 is 6.10 Å². The zero-order valence-corrected chi connectivity index (χ0v) is 5.85. The second kappa shape index (κ2) is 4.32. The molecule has 0 saturated heterocycles. The second-order valence-electron chi connectivity index (χ2n) is 2.00. The van der Waals surface area contributed by atoms with E-state index in [0.717, 1.165) is 0 Å². The minimum absolute atomic E-state index is 0.0949. The molecule has 54 valence electrons. The first-order valence-corrected chi connectivity index (χ1v) is 3.09. The summed E-state index contributed by atoms with van der Waals surface area (Å²) in [7, 11) is 0. The van der Waals surface area contributed by atoms with Gasteiger partial charge in [-0.3, -0.25) is 4.79 Å². The molecule has 0 aliphatic heterocycles. The first-order chi connectivity index (χ1) is 4.16. The Hall–Kier alpha value is -0.570. The van der Waals surface area contributed by atoms with Crippen LogP contribution in [0.2, 0.25) is 0 Å². The fourth-order valence-electron chi connectivity index (χ4n) is 0.406. The maximum Gasteiger partial charge on any atom is 0.216 e. The summed E-state index contributed by atoms with van der Waals surface area (Å²) in [5, 5.41) is 11.4. The van der Waals surface area contributed by atoms with E-state index in [9.17, 15) is 4.79 Å². The molecule has 0 rings (SSSR count). The monoisotopic (exact) mass is 131 g/mol. The molecule has 0 aromatic rings. The van der Waals surface area contributed by atoms with Crippen LogP contribution in [0.25, 0.3) is 0 Å². The molecule has 0 saturated carbocycles. The minimum atomic E-state index is -0.395. The van der Waals surface area contributed by atoms with Crippen molar-refractivity contribution in [2.75, 3.05) is 6.54 Å². The summed E-state index contributed by atoms with van der Waals surface area (Å²) < 4.78 is 0. The fraction of sp³-hybridized carbons (Fsp3) is 0.833. The molecule has 1 unspecified atom stereocenters. The van der Waals surface area contributed by atoms with E-state index in [1.807, 2.05) is 6.92 Å². The lowest BCUT2D eigenvalue weighted by Gasteiger charge is -2.06. The van der Waals surface area contributed by atoms with Gasteiger partial charge in [0.15, 0.2) is 0 Å². The number of carbonyl (C=O) groups is 1. The van der Waals surface area contributed by atoms with Gasteiger partial charge in [-0.05, 0) is 6.42 Å². The molecule has 3 nitrogen and oxygen atoms in total. The standard InChI is InChI=1S/C6H13NO2/c1-3-6(9)4-7-5(2)8/h6,9H,3-4H2,1-2H3,(H,7,8). The molecule has 9 heavy (non-hydrogen) atoms. The Balaban J connectivity index is 3.16. The van der Waals surface area contributed by atoms with Gasteiger partial charge in [-0.2, -0.15) is 0 Å². The smallest absolute Gasteiger partial charge is 0.216 e. The quantitative estimate of drug-likeness (QED) is 0.561. The average molecular weight is 131 g/mol. The molecule has 0 aliphatic carbocycles. The van der Waals surface area contributed by atoms with E-state index in [0.29, 0.717) is 13.0 Å². The number of aliphatic hydroxyl groups excluding tert-OH is 1. The molecule has 3 heteroatoms. The Labute approximate surface area is 55.1 Å². The molecule has 0 fully saturated rings. The van der Waals surface area contributed by atoms with Crippen LogP contribution in [-0.4, -0.2) is 23.7 Å². The number of hydrogen-bond acceptors (Lipinski definition) is 2.